The average molecular weight is 855 g/mol. The van der Waals surface area contributed by atoms with Crippen molar-refractivity contribution in [1.29, 1.82) is 5.26 Å². The summed E-state index contributed by atoms with van der Waals surface area (Å²) in [5.74, 6) is -1.37. The Hall–Kier alpha value is -4.08. The van der Waals surface area contributed by atoms with Gasteiger partial charge in [-0.05, 0) is 112 Å². The Kier molecular flexibility index (Phi) is 16.4. The Morgan fingerprint density at radius 3 is 2.28 bits per heavy atom. The Labute approximate surface area is 358 Å². The Bertz CT molecular complexity index is 2110. The predicted molar refractivity (Wildman–Crippen MR) is 236 cm³/mol. The molecule has 2 aliphatic carbocycles. The minimum atomic E-state index is -5.01. The summed E-state index contributed by atoms with van der Waals surface area (Å²) >= 11 is 1.01. The van der Waals surface area contributed by atoms with E-state index in [1.165, 1.54) is 25.8 Å². The summed E-state index contributed by atoms with van der Waals surface area (Å²) in [5, 5.41) is 10.3. The van der Waals surface area contributed by atoms with Gasteiger partial charge >= 0.3 is 6.18 Å². The molecular weight excluding hydrogens is 792 g/mol. The number of carbonyl (C=O) groups is 1. The monoisotopic (exact) mass is 854 g/mol. The van der Waals surface area contributed by atoms with Crippen LogP contribution in [0.5, 0.6) is 0 Å². The van der Waals surface area contributed by atoms with Crippen LogP contribution in [0.2, 0.25) is 0 Å². The van der Waals surface area contributed by atoms with E-state index < -0.39 is 29.0 Å². The van der Waals surface area contributed by atoms with Gasteiger partial charge in [-0.15, -0.1) is 11.3 Å². The lowest BCUT2D eigenvalue weighted by atomic mass is 9.84. The quantitative estimate of drug-likeness (QED) is 0.101. The van der Waals surface area contributed by atoms with Crippen LogP contribution in [0.3, 0.4) is 0 Å². The second-order valence-corrected chi connectivity index (χ2v) is 18.6. The maximum atomic E-state index is 17.8. The molecule has 0 amide bonds. The highest BCUT2D eigenvalue weighted by molar-refractivity contribution is 7.19. The first-order valence-electron chi connectivity index (χ1n) is 21.2. The van der Waals surface area contributed by atoms with Gasteiger partial charge in [0.15, 0.2) is 11.6 Å². The van der Waals surface area contributed by atoms with Crippen molar-refractivity contribution in [3.63, 3.8) is 0 Å². The second kappa shape index (κ2) is 20.2. The molecule has 2 fully saturated rings. The summed E-state index contributed by atoms with van der Waals surface area (Å²) in [7, 11) is 1.84. The molecule has 1 spiro atoms. The maximum absolute atomic E-state index is 17.8. The number of allylic oxidation sites excluding steroid dienone is 8. The summed E-state index contributed by atoms with van der Waals surface area (Å²) in [6, 6.07) is 4.41. The Morgan fingerprint density at radius 1 is 1.13 bits per heavy atom. The fraction of sp³-hybridized carbons (Fsp3) is 0.562. The minimum absolute atomic E-state index is 0.00286. The van der Waals surface area contributed by atoms with Gasteiger partial charge in [0, 0.05) is 52.8 Å². The zero-order chi connectivity index (χ0) is 44.9. The second-order valence-electron chi connectivity index (χ2n) is 17.5. The van der Waals surface area contributed by atoms with Gasteiger partial charge in [0.2, 0.25) is 5.88 Å². The van der Waals surface area contributed by atoms with Crippen LogP contribution >= 0.6 is 11.3 Å². The van der Waals surface area contributed by atoms with Crippen molar-refractivity contribution in [2.75, 3.05) is 26.7 Å². The van der Waals surface area contributed by atoms with E-state index in [0.717, 1.165) is 61.9 Å². The number of rotatable bonds is 15. The van der Waals surface area contributed by atoms with Crippen LogP contribution in [0.4, 0.5) is 22.0 Å². The van der Waals surface area contributed by atoms with Crippen LogP contribution in [0.15, 0.2) is 70.5 Å². The third kappa shape index (κ3) is 11.0. The van der Waals surface area contributed by atoms with Crippen molar-refractivity contribution in [3.8, 4) is 6.07 Å². The molecule has 2 atom stereocenters. The van der Waals surface area contributed by atoms with Gasteiger partial charge in [-0.2, -0.15) is 18.4 Å². The number of halogens is 5. The number of thiophene rings is 1. The molecule has 12 heteroatoms. The molecule has 2 heterocycles. The van der Waals surface area contributed by atoms with Crippen molar-refractivity contribution in [1.82, 2.24) is 9.80 Å². The van der Waals surface area contributed by atoms with Gasteiger partial charge in [0.25, 0.3) is 0 Å². The molecule has 328 valence electrons. The van der Waals surface area contributed by atoms with E-state index >= 15 is 22.0 Å². The van der Waals surface area contributed by atoms with Crippen molar-refractivity contribution in [2.45, 2.75) is 132 Å². The number of ether oxygens (including phenoxy) is 1. The molecule has 1 saturated heterocycles. The van der Waals surface area contributed by atoms with Crippen molar-refractivity contribution >= 4 is 38.5 Å². The van der Waals surface area contributed by atoms with E-state index in [9.17, 15) is 10.1 Å². The molecule has 2 unspecified atom stereocenters. The van der Waals surface area contributed by atoms with Crippen molar-refractivity contribution in [2.24, 2.45) is 22.2 Å². The zero-order valence-electron chi connectivity index (χ0n) is 37.2. The molecule has 1 aromatic heterocycles. The number of likely N-dealkylation sites (tertiary alicyclic amines) is 1. The number of nitrogens with zero attached hydrogens (tertiary/aromatic N) is 4. The minimum Gasteiger partial charge on any atom is -0.476 e. The fourth-order valence-corrected chi connectivity index (χ4v) is 9.46. The molecule has 1 aliphatic heterocycles. The van der Waals surface area contributed by atoms with Gasteiger partial charge in [0.1, 0.15) is 24.2 Å². The van der Waals surface area contributed by atoms with Crippen LogP contribution in [-0.2, 0) is 9.53 Å². The summed E-state index contributed by atoms with van der Waals surface area (Å²) in [5.41, 5.74) is -1.65. The number of carbonyl (C=O) groups excluding carboxylic acids is 1. The zero-order valence-corrected chi connectivity index (χ0v) is 38.1. The van der Waals surface area contributed by atoms with Crippen molar-refractivity contribution < 1.29 is 31.5 Å². The topological polar surface area (TPSA) is 68.9 Å². The summed E-state index contributed by atoms with van der Waals surface area (Å²) in [6.45, 7) is 24.7. The number of likely N-dealkylation sites (N-methyl/N-ethyl adjacent to an activating group) is 1. The molecule has 2 aromatic rings. The third-order valence-electron chi connectivity index (χ3n) is 11.9. The number of benzene rings is 1. The number of hydrogen-bond donors (Lipinski definition) is 0. The van der Waals surface area contributed by atoms with Gasteiger partial charge in [-0.3, -0.25) is 9.69 Å². The number of fused-ring (bicyclic) bond motifs is 1. The molecule has 6 nitrogen and oxygen atoms in total. The molecule has 60 heavy (non-hydrogen) atoms. The Morgan fingerprint density at radius 2 is 1.78 bits per heavy atom. The van der Waals surface area contributed by atoms with Crippen LogP contribution in [0, 0.1) is 34.4 Å². The lowest BCUT2D eigenvalue weighted by Gasteiger charge is -2.36. The van der Waals surface area contributed by atoms with Crippen LogP contribution in [0.25, 0.3) is 15.7 Å². The molecule has 5 rings (SSSR count). The third-order valence-corrected chi connectivity index (χ3v) is 13.4. The predicted octanol–water partition coefficient (Wildman–Crippen LogP) is 13.2. The highest BCUT2D eigenvalue weighted by Gasteiger charge is 2.51. The molecular formula is C48H63F5N4O2S. The summed E-state index contributed by atoms with van der Waals surface area (Å²) in [6.07, 6.45) is 4.56. The fourth-order valence-electron chi connectivity index (χ4n) is 8.27. The molecule has 0 radical (unpaired) electrons. The molecule has 1 saturated carbocycles. The highest BCUT2D eigenvalue weighted by Crippen LogP contribution is 2.55. The van der Waals surface area contributed by atoms with E-state index in [0.29, 0.717) is 34.9 Å². The van der Waals surface area contributed by atoms with E-state index in [1.54, 1.807) is 13.0 Å². The first-order chi connectivity index (χ1) is 28.1. The number of hydrogen-bond acceptors (Lipinski definition) is 7. The smallest absolute Gasteiger partial charge is 0.417 e. The summed E-state index contributed by atoms with van der Waals surface area (Å²) in [4.78, 5) is 19.3. The summed E-state index contributed by atoms with van der Waals surface area (Å²) < 4.78 is 85.7. The number of alkyl halides is 3. The van der Waals surface area contributed by atoms with Gasteiger partial charge < -0.3 is 9.64 Å². The lowest BCUT2D eigenvalue weighted by molar-refractivity contribution is -0.112. The maximum Gasteiger partial charge on any atom is 0.417 e. The van der Waals surface area contributed by atoms with Gasteiger partial charge in [-0.25, -0.2) is 13.8 Å². The van der Waals surface area contributed by atoms with Crippen LogP contribution < -0.4 is 0 Å². The normalized spacial score (nSPS) is 20.2. The number of ketones is 1. The van der Waals surface area contributed by atoms with Gasteiger partial charge in [0.05, 0.1) is 15.8 Å². The first kappa shape index (κ1) is 48.6. The lowest BCUT2D eigenvalue weighted by Crippen LogP contribution is -2.36. The first-order valence-corrected chi connectivity index (χ1v) is 22.0. The number of aliphatic imine (C=N–C) groups is 1. The van der Waals surface area contributed by atoms with Crippen LogP contribution in [-0.4, -0.2) is 66.3 Å². The van der Waals surface area contributed by atoms with Crippen molar-refractivity contribution in [3.05, 3.63) is 87.3 Å². The largest absolute Gasteiger partial charge is 0.476 e. The Balaban J connectivity index is 0.00000150. The van der Waals surface area contributed by atoms with Gasteiger partial charge in [-0.1, -0.05) is 68.0 Å². The number of nitriles is 1. The van der Waals surface area contributed by atoms with E-state index in [4.69, 9.17) is 9.73 Å². The molecule has 3 aliphatic rings. The van der Waals surface area contributed by atoms with E-state index in [-0.39, 0.29) is 68.1 Å². The SMILES string of the molecule is C=CC(C)=O.CC/C=C(/N=C1/C(F)=C(c2ccc(F)c3sc(C(C)C)c(C#N)c23)C(C(F)(F)F)=C/C1=C(/C)N(C)C(CCC(C)C)C(C)C)OCC1CC2(CC2)CN1CC. The van der Waals surface area contributed by atoms with Crippen LogP contribution in [0.1, 0.15) is 130 Å². The standard InChI is InChI=1S/C44H57F5N4OS.C4H6O/c1-11-13-36(54-23-29-21-43(18-19-43)24-53(29)12-2)51-40-31(28(9)52(10)35(26(5)6)17-14-25(3)4)20-33(44(47,48)49)38(39(40)46)30-15-16-34(45)42-37(30)32(22-50)41(55-42)27(7)8;1-3-4(2)5/h13,15-16,20,25-27,29,35H,11-12,14,17-19,21,23-24H2,1-10H3;3H,1H2,2H3/b31-28+,36-13-,51-40+;. The molecule has 0 bridgehead atoms. The highest BCUT2D eigenvalue weighted by atomic mass is 32.1. The van der Waals surface area contributed by atoms with E-state index in [1.807, 2.05) is 32.7 Å². The molecule has 0 N–H and O–H groups in total. The molecule has 1 aromatic carbocycles. The average Bonchev–Trinajstić information content (AvgIpc) is 3.66. The van der Waals surface area contributed by atoms with E-state index in [2.05, 4.69) is 52.2 Å².